The lowest BCUT2D eigenvalue weighted by atomic mass is 10.2. The minimum atomic E-state index is -0.242. The summed E-state index contributed by atoms with van der Waals surface area (Å²) in [5.41, 5.74) is 5.72. The topological polar surface area (TPSA) is 46.2 Å². The summed E-state index contributed by atoms with van der Waals surface area (Å²) in [5, 5.41) is 8.89. The molecule has 0 aliphatic heterocycles. The van der Waals surface area contributed by atoms with Crippen molar-refractivity contribution in [3.8, 4) is 0 Å². The van der Waals surface area contributed by atoms with Crippen molar-refractivity contribution >= 4 is 27.3 Å². The number of aliphatic hydroxyl groups is 1. The van der Waals surface area contributed by atoms with Gasteiger partial charge < -0.3 is 10.8 Å². The number of aliphatic hydroxyl groups excluding tert-OH is 1. The second-order valence-electron chi connectivity index (χ2n) is 3.30. The van der Waals surface area contributed by atoms with E-state index in [9.17, 15) is 0 Å². The molecule has 0 aliphatic rings. The molecule has 1 atom stereocenters. The molecular formula is C9H14BrNOS. The molecule has 0 aliphatic carbocycles. The van der Waals surface area contributed by atoms with Crippen LogP contribution in [0.15, 0.2) is 10.5 Å². The molecule has 1 aromatic rings. The molecule has 74 valence electrons. The molecule has 0 spiro atoms. The van der Waals surface area contributed by atoms with E-state index in [1.54, 1.807) is 11.3 Å². The van der Waals surface area contributed by atoms with Crippen molar-refractivity contribution in [2.75, 3.05) is 6.61 Å². The van der Waals surface area contributed by atoms with Gasteiger partial charge in [0.2, 0.25) is 0 Å². The molecule has 1 rings (SSSR count). The molecule has 0 radical (unpaired) electrons. The van der Waals surface area contributed by atoms with Crippen molar-refractivity contribution in [3.63, 3.8) is 0 Å². The predicted octanol–water partition coefficient (Wildman–Crippen LogP) is 2.63. The van der Waals surface area contributed by atoms with Crippen molar-refractivity contribution in [2.45, 2.75) is 25.8 Å². The molecule has 1 aromatic heterocycles. The molecule has 0 amide bonds. The highest BCUT2D eigenvalue weighted by atomic mass is 79.9. The maximum absolute atomic E-state index is 8.89. The van der Waals surface area contributed by atoms with E-state index in [4.69, 9.17) is 10.8 Å². The number of nitrogens with two attached hydrogens (primary N) is 1. The first kappa shape index (κ1) is 11.2. The Morgan fingerprint density at radius 2 is 2.23 bits per heavy atom. The minimum absolute atomic E-state index is 0.00445. The van der Waals surface area contributed by atoms with Gasteiger partial charge in [-0.05, 0) is 27.9 Å². The van der Waals surface area contributed by atoms with Crippen LogP contribution in [0.2, 0.25) is 0 Å². The predicted molar refractivity (Wildman–Crippen MR) is 60.1 cm³/mol. The summed E-state index contributed by atoms with van der Waals surface area (Å²) in [6, 6.07) is 1.76. The van der Waals surface area contributed by atoms with Gasteiger partial charge in [-0.3, -0.25) is 0 Å². The van der Waals surface area contributed by atoms with Crippen LogP contribution >= 0.6 is 27.3 Å². The van der Waals surface area contributed by atoms with Gasteiger partial charge in [0, 0.05) is 14.2 Å². The van der Waals surface area contributed by atoms with Crippen molar-refractivity contribution in [1.29, 1.82) is 0 Å². The smallest absolute Gasteiger partial charge is 0.0632 e. The van der Waals surface area contributed by atoms with Crippen LogP contribution in [0.5, 0.6) is 0 Å². The molecule has 0 saturated heterocycles. The summed E-state index contributed by atoms with van der Waals surface area (Å²) in [4.78, 5) is 2.33. The average Bonchev–Trinajstić information content (AvgIpc) is 2.46. The normalized spacial score (nSPS) is 13.7. The maximum Gasteiger partial charge on any atom is 0.0632 e. The first-order chi connectivity index (χ1) is 6.06. The number of halogens is 1. The van der Waals surface area contributed by atoms with E-state index in [1.165, 1.54) is 4.88 Å². The maximum atomic E-state index is 8.89. The van der Waals surface area contributed by atoms with Gasteiger partial charge in [-0.25, -0.2) is 0 Å². The highest BCUT2D eigenvalue weighted by Gasteiger charge is 2.13. The SMILES string of the molecule is CC(C)c1sc(C(N)CO)cc1Br. The summed E-state index contributed by atoms with van der Waals surface area (Å²) in [6.07, 6.45) is 0. The van der Waals surface area contributed by atoms with E-state index < -0.39 is 0 Å². The van der Waals surface area contributed by atoms with Crippen molar-refractivity contribution in [2.24, 2.45) is 5.73 Å². The van der Waals surface area contributed by atoms with Crippen LogP contribution in [0.3, 0.4) is 0 Å². The standard InChI is InChI=1S/C9H14BrNOS/c1-5(2)9-6(10)3-8(13-9)7(11)4-12/h3,5,7,12H,4,11H2,1-2H3. The molecule has 1 heterocycles. The Kier molecular flexibility index (Phi) is 3.91. The van der Waals surface area contributed by atoms with Gasteiger partial charge in [0.1, 0.15) is 0 Å². The van der Waals surface area contributed by atoms with Gasteiger partial charge in [-0.1, -0.05) is 13.8 Å². The molecule has 1 unspecified atom stereocenters. The average molecular weight is 264 g/mol. The van der Waals surface area contributed by atoms with Crippen molar-refractivity contribution in [1.82, 2.24) is 0 Å². The fourth-order valence-corrected chi connectivity index (χ4v) is 3.22. The Labute approximate surface area is 90.9 Å². The lowest BCUT2D eigenvalue weighted by molar-refractivity contribution is 0.269. The summed E-state index contributed by atoms with van der Waals surface area (Å²) in [5.74, 6) is 0.499. The van der Waals surface area contributed by atoms with Crippen molar-refractivity contribution in [3.05, 3.63) is 20.3 Å². The van der Waals surface area contributed by atoms with Gasteiger partial charge in [0.05, 0.1) is 12.6 Å². The van der Waals surface area contributed by atoms with Crippen LogP contribution in [-0.4, -0.2) is 11.7 Å². The Hall–Kier alpha value is 0.100. The lowest BCUT2D eigenvalue weighted by Gasteiger charge is -2.03. The number of rotatable bonds is 3. The Morgan fingerprint density at radius 1 is 1.62 bits per heavy atom. The second kappa shape index (κ2) is 4.55. The van der Waals surface area contributed by atoms with Crippen LogP contribution < -0.4 is 5.73 Å². The molecule has 2 nitrogen and oxygen atoms in total. The lowest BCUT2D eigenvalue weighted by Crippen LogP contribution is -2.12. The third kappa shape index (κ3) is 2.53. The Morgan fingerprint density at radius 3 is 2.62 bits per heavy atom. The van der Waals surface area contributed by atoms with Crippen LogP contribution in [-0.2, 0) is 0 Å². The van der Waals surface area contributed by atoms with E-state index in [2.05, 4.69) is 29.8 Å². The third-order valence-corrected chi connectivity index (χ3v) is 4.30. The zero-order chi connectivity index (χ0) is 10.0. The number of thiophene rings is 1. The second-order valence-corrected chi connectivity index (χ2v) is 5.27. The fourth-order valence-electron chi connectivity index (χ4n) is 1.07. The summed E-state index contributed by atoms with van der Waals surface area (Å²) >= 11 is 5.16. The van der Waals surface area contributed by atoms with E-state index in [-0.39, 0.29) is 12.6 Å². The highest BCUT2D eigenvalue weighted by molar-refractivity contribution is 9.10. The highest BCUT2D eigenvalue weighted by Crippen LogP contribution is 2.35. The molecule has 0 saturated carbocycles. The van der Waals surface area contributed by atoms with Crippen LogP contribution in [0, 0.1) is 0 Å². The summed E-state index contributed by atoms with van der Waals surface area (Å²) in [6.45, 7) is 4.29. The fraction of sp³-hybridized carbons (Fsp3) is 0.556. The molecule has 0 fully saturated rings. The quantitative estimate of drug-likeness (QED) is 0.881. The first-order valence-corrected chi connectivity index (χ1v) is 5.82. The zero-order valence-corrected chi connectivity index (χ0v) is 10.2. The molecule has 13 heavy (non-hydrogen) atoms. The van der Waals surface area contributed by atoms with Crippen molar-refractivity contribution < 1.29 is 5.11 Å². The molecular weight excluding hydrogens is 250 g/mol. The monoisotopic (exact) mass is 263 g/mol. The van der Waals surface area contributed by atoms with E-state index >= 15 is 0 Å². The van der Waals surface area contributed by atoms with E-state index in [0.717, 1.165) is 9.35 Å². The van der Waals surface area contributed by atoms with Gasteiger partial charge in [-0.15, -0.1) is 11.3 Å². The Balaban J connectivity index is 2.95. The van der Waals surface area contributed by atoms with Gasteiger partial charge >= 0.3 is 0 Å². The zero-order valence-electron chi connectivity index (χ0n) is 7.75. The van der Waals surface area contributed by atoms with Crippen LogP contribution in [0.25, 0.3) is 0 Å². The molecule has 0 bridgehead atoms. The molecule has 3 N–H and O–H groups in total. The van der Waals surface area contributed by atoms with Crippen LogP contribution in [0.1, 0.15) is 35.6 Å². The first-order valence-electron chi connectivity index (χ1n) is 4.21. The van der Waals surface area contributed by atoms with Gasteiger partial charge in [0.15, 0.2) is 0 Å². The van der Waals surface area contributed by atoms with Crippen LogP contribution in [0.4, 0.5) is 0 Å². The van der Waals surface area contributed by atoms with Gasteiger partial charge in [0.25, 0.3) is 0 Å². The van der Waals surface area contributed by atoms with E-state index in [1.807, 2.05) is 6.07 Å². The largest absolute Gasteiger partial charge is 0.394 e. The summed E-state index contributed by atoms with van der Waals surface area (Å²) < 4.78 is 1.10. The molecule has 4 heteroatoms. The number of hydrogen-bond donors (Lipinski definition) is 2. The van der Waals surface area contributed by atoms with Gasteiger partial charge in [-0.2, -0.15) is 0 Å². The number of hydrogen-bond acceptors (Lipinski definition) is 3. The summed E-state index contributed by atoms with van der Waals surface area (Å²) in [7, 11) is 0. The molecule has 0 aromatic carbocycles. The third-order valence-electron chi connectivity index (χ3n) is 1.82. The Bertz CT molecular complexity index is 285. The minimum Gasteiger partial charge on any atom is -0.394 e. The van der Waals surface area contributed by atoms with E-state index in [0.29, 0.717) is 5.92 Å².